The van der Waals surface area contributed by atoms with Gasteiger partial charge < -0.3 is 15.5 Å². The Kier molecular flexibility index (Phi) is 5.04. The molecular formula is C16H26N4S. The molecule has 0 unspecified atom stereocenters. The van der Waals surface area contributed by atoms with Gasteiger partial charge in [-0.05, 0) is 71.3 Å². The Labute approximate surface area is 133 Å². The summed E-state index contributed by atoms with van der Waals surface area (Å²) in [5, 5.41) is 7.04. The lowest BCUT2D eigenvalue weighted by Gasteiger charge is -2.34. The third-order valence-electron chi connectivity index (χ3n) is 3.59. The quantitative estimate of drug-likeness (QED) is 0.818. The molecule has 0 bridgehead atoms. The van der Waals surface area contributed by atoms with Crippen molar-refractivity contribution in [2.45, 2.75) is 58.5 Å². The average Bonchev–Trinajstić information content (AvgIpc) is 2.38. The summed E-state index contributed by atoms with van der Waals surface area (Å²) in [4.78, 5) is 6.97. The molecule has 116 valence electrons. The molecule has 1 atom stereocenters. The molecule has 1 aromatic heterocycles. The van der Waals surface area contributed by atoms with Gasteiger partial charge in [-0.25, -0.2) is 4.98 Å². The minimum atomic E-state index is -0.0410. The Balaban J connectivity index is 1.97. The van der Waals surface area contributed by atoms with Gasteiger partial charge in [-0.2, -0.15) is 0 Å². The Morgan fingerprint density at radius 3 is 2.67 bits per heavy atom. The molecule has 0 radical (unpaired) electrons. The smallest absolute Gasteiger partial charge is 0.171 e. The van der Waals surface area contributed by atoms with E-state index in [2.05, 4.69) is 54.3 Å². The van der Waals surface area contributed by atoms with E-state index >= 15 is 0 Å². The SMILES string of the molecule is C[C@@H]1CCCCN1c1ccc(NC(=S)NC(C)(C)C)cn1. The highest BCUT2D eigenvalue weighted by atomic mass is 32.1. The molecule has 0 amide bonds. The summed E-state index contributed by atoms with van der Waals surface area (Å²) in [6, 6.07) is 4.69. The lowest BCUT2D eigenvalue weighted by atomic mass is 10.0. The first-order valence-electron chi connectivity index (χ1n) is 7.67. The molecule has 5 heteroatoms. The number of thiocarbonyl (C=S) groups is 1. The molecule has 2 heterocycles. The Bertz CT molecular complexity index is 478. The number of rotatable bonds is 2. The number of nitrogens with zero attached hydrogens (tertiary/aromatic N) is 2. The molecule has 21 heavy (non-hydrogen) atoms. The van der Waals surface area contributed by atoms with E-state index in [1.54, 1.807) is 0 Å². The number of nitrogens with one attached hydrogen (secondary N) is 2. The van der Waals surface area contributed by atoms with Gasteiger partial charge in [-0.1, -0.05) is 0 Å². The molecule has 4 nitrogen and oxygen atoms in total. The lowest BCUT2D eigenvalue weighted by molar-refractivity contribution is 0.481. The number of pyridine rings is 1. The molecule has 1 saturated heterocycles. The fourth-order valence-electron chi connectivity index (χ4n) is 2.57. The van der Waals surface area contributed by atoms with Gasteiger partial charge in [0.05, 0.1) is 11.9 Å². The summed E-state index contributed by atoms with van der Waals surface area (Å²) in [5.74, 6) is 1.06. The summed E-state index contributed by atoms with van der Waals surface area (Å²) >= 11 is 5.30. The number of aromatic nitrogens is 1. The fraction of sp³-hybridized carbons (Fsp3) is 0.625. The molecule has 1 aliphatic rings. The van der Waals surface area contributed by atoms with Crippen molar-refractivity contribution in [1.29, 1.82) is 0 Å². The van der Waals surface area contributed by atoms with Crippen LogP contribution in [0.1, 0.15) is 47.0 Å². The highest BCUT2D eigenvalue weighted by Crippen LogP contribution is 2.23. The molecule has 0 spiro atoms. The number of hydrogen-bond acceptors (Lipinski definition) is 3. The zero-order valence-corrected chi connectivity index (χ0v) is 14.3. The molecule has 0 aliphatic carbocycles. The van der Waals surface area contributed by atoms with Crippen LogP contribution in [0.25, 0.3) is 0 Å². The van der Waals surface area contributed by atoms with Crippen molar-refractivity contribution < 1.29 is 0 Å². The van der Waals surface area contributed by atoms with Crippen molar-refractivity contribution in [1.82, 2.24) is 10.3 Å². The maximum atomic E-state index is 5.30. The maximum absolute atomic E-state index is 5.30. The van der Waals surface area contributed by atoms with Crippen LogP contribution in [-0.4, -0.2) is 28.2 Å². The summed E-state index contributed by atoms with van der Waals surface area (Å²) in [6.45, 7) is 9.63. The molecular weight excluding hydrogens is 280 g/mol. The van der Waals surface area contributed by atoms with E-state index < -0.39 is 0 Å². The van der Waals surface area contributed by atoms with Crippen molar-refractivity contribution >= 4 is 28.8 Å². The zero-order valence-electron chi connectivity index (χ0n) is 13.4. The lowest BCUT2D eigenvalue weighted by Crippen LogP contribution is -2.43. The van der Waals surface area contributed by atoms with Crippen LogP contribution in [-0.2, 0) is 0 Å². The van der Waals surface area contributed by atoms with Gasteiger partial charge >= 0.3 is 0 Å². The van der Waals surface area contributed by atoms with E-state index in [9.17, 15) is 0 Å². The van der Waals surface area contributed by atoms with E-state index in [0.29, 0.717) is 11.2 Å². The minimum Gasteiger partial charge on any atom is -0.358 e. The average molecular weight is 306 g/mol. The second-order valence-corrected chi connectivity index (χ2v) is 7.18. The Morgan fingerprint density at radius 1 is 1.33 bits per heavy atom. The summed E-state index contributed by atoms with van der Waals surface area (Å²) < 4.78 is 0. The second kappa shape index (κ2) is 6.60. The number of hydrogen-bond donors (Lipinski definition) is 2. The van der Waals surface area contributed by atoms with E-state index in [4.69, 9.17) is 12.2 Å². The first-order valence-corrected chi connectivity index (χ1v) is 8.08. The van der Waals surface area contributed by atoms with Crippen molar-refractivity contribution in [3.63, 3.8) is 0 Å². The predicted octanol–water partition coefficient (Wildman–Crippen LogP) is 3.55. The van der Waals surface area contributed by atoms with Crippen LogP contribution >= 0.6 is 12.2 Å². The molecule has 1 aromatic rings. The number of piperidine rings is 1. The van der Waals surface area contributed by atoms with Crippen molar-refractivity contribution in [2.75, 3.05) is 16.8 Å². The van der Waals surface area contributed by atoms with E-state index in [-0.39, 0.29) is 5.54 Å². The van der Waals surface area contributed by atoms with Crippen LogP contribution in [0.15, 0.2) is 18.3 Å². The van der Waals surface area contributed by atoms with Gasteiger partial charge in [-0.15, -0.1) is 0 Å². The highest BCUT2D eigenvalue weighted by Gasteiger charge is 2.19. The van der Waals surface area contributed by atoms with Gasteiger partial charge in [0.1, 0.15) is 5.82 Å². The maximum Gasteiger partial charge on any atom is 0.171 e. The monoisotopic (exact) mass is 306 g/mol. The van der Waals surface area contributed by atoms with Gasteiger partial charge in [0.15, 0.2) is 5.11 Å². The van der Waals surface area contributed by atoms with Crippen molar-refractivity contribution in [2.24, 2.45) is 0 Å². The Morgan fingerprint density at radius 2 is 2.10 bits per heavy atom. The van der Waals surface area contributed by atoms with Crippen LogP contribution in [0.4, 0.5) is 11.5 Å². The van der Waals surface area contributed by atoms with E-state index in [0.717, 1.165) is 18.1 Å². The van der Waals surface area contributed by atoms with Gasteiger partial charge in [0, 0.05) is 18.1 Å². The summed E-state index contributed by atoms with van der Waals surface area (Å²) in [5.41, 5.74) is 0.880. The largest absolute Gasteiger partial charge is 0.358 e. The van der Waals surface area contributed by atoms with Gasteiger partial charge in [-0.3, -0.25) is 0 Å². The fourth-order valence-corrected chi connectivity index (χ4v) is 3.00. The predicted molar refractivity (Wildman–Crippen MR) is 94.0 cm³/mol. The normalized spacial score (nSPS) is 19.2. The molecule has 1 fully saturated rings. The number of anilines is 2. The zero-order chi connectivity index (χ0) is 15.5. The van der Waals surface area contributed by atoms with Gasteiger partial charge in [0.2, 0.25) is 0 Å². The first-order chi connectivity index (χ1) is 9.85. The van der Waals surface area contributed by atoms with Crippen LogP contribution in [0.5, 0.6) is 0 Å². The second-order valence-electron chi connectivity index (χ2n) is 6.77. The highest BCUT2D eigenvalue weighted by molar-refractivity contribution is 7.80. The minimum absolute atomic E-state index is 0.0410. The van der Waals surface area contributed by atoms with E-state index in [1.165, 1.54) is 19.3 Å². The van der Waals surface area contributed by atoms with Crippen molar-refractivity contribution in [3.05, 3.63) is 18.3 Å². The molecule has 2 rings (SSSR count). The van der Waals surface area contributed by atoms with Crippen LogP contribution in [0, 0.1) is 0 Å². The molecule has 0 aromatic carbocycles. The molecule has 0 saturated carbocycles. The standard InChI is InChI=1S/C16H26N4S/c1-12-7-5-6-10-20(12)14-9-8-13(11-17-14)18-15(21)19-16(2,3)4/h8-9,11-12H,5-7,10H2,1-4H3,(H2,18,19,21)/t12-/m1/s1. The van der Waals surface area contributed by atoms with Crippen LogP contribution < -0.4 is 15.5 Å². The summed E-state index contributed by atoms with van der Waals surface area (Å²) in [7, 11) is 0. The third-order valence-corrected chi connectivity index (χ3v) is 3.80. The summed E-state index contributed by atoms with van der Waals surface area (Å²) in [6.07, 6.45) is 5.68. The first kappa shape index (κ1) is 16.0. The molecule has 1 aliphatic heterocycles. The topological polar surface area (TPSA) is 40.2 Å². The van der Waals surface area contributed by atoms with Gasteiger partial charge in [0.25, 0.3) is 0 Å². The third kappa shape index (κ3) is 4.84. The molecule has 2 N–H and O–H groups in total. The van der Waals surface area contributed by atoms with Crippen LogP contribution in [0.2, 0.25) is 0 Å². The van der Waals surface area contributed by atoms with E-state index in [1.807, 2.05) is 12.3 Å². The van der Waals surface area contributed by atoms with Crippen LogP contribution in [0.3, 0.4) is 0 Å². The van der Waals surface area contributed by atoms with Crippen molar-refractivity contribution in [3.8, 4) is 0 Å². The Hall–Kier alpha value is -1.36.